The number of hydrogen-bond acceptors (Lipinski definition) is 5. The van der Waals surface area contributed by atoms with Gasteiger partial charge in [-0.25, -0.2) is 0 Å². The molecule has 2 N–H and O–H groups in total. The lowest BCUT2D eigenvalue weighted by molar-refractivity contribution is -0.274. The van der Waals surface area contributed by atoms with Crippen molar-refractivity contribution >= 4 is 23.6 Å². The number of carboxylic acids is 1. The molecule has 8 nitrogen and oxygen atoms in total. The Bertz CT molecular complexity index is 820. The summed E-state index contributed by atoms with van der Waals surface area (Å²) in [6.45, 7) is 2.44. The first kappa shape index (κ1) is 22.2. The topological polar surface area (TPSA) is 113 Å². The number of carboxylic acid groups (broad SMARTS) is 1. The van der Waals surface area contributed by atoms with Gasteiger partial charge >= 0.3 is 12.3 Å². The van der Waals surface area contributed by atoms with Crippen molar-refractivity contribution < 1.29 is 42.2 Å². The number of nitrogens with one attached hydrogen (secondary N) is 1. The Labute approximate surface area is 163 Å². The second-order valence-corrected chi connectivity index (χ2v) is 7.12. The molecule has 1 atom stereocenters. The smallest absolute Gasteiger partial charge is 0.480 e. The Morgan fingerprint density at radius 2 is 1.83 bits per heavy atom. The summed E-state index contributed by atoms with van der Waals surface area (Å²) in [5.74, 6) is -5.86. The lowest BCUT2D eigenvalue weighted by Crippen LogP contribution is -2.60. The maximum Gasteiger partial charge on any atom is 0.573 e. The van der Waals surface area contributed by atoms with Crippen molar-refractivity contribution in [3.05, 3.63) is 29.8 Å². The van der Waals surface area contributed by atoms with Crippen LogP contribution in [-0.4, -0.2) is 52.0 Å². The first-order valence-electron chi connectivity index (χ1n) is 8.48. The van der Waals surface area contributed by atoms with Gasteiger partial charge in [-0.3, -0.25) is 19.2 Å². The van der Waals surface area contributed by atoms with E-state index in [0.29, 0.717) is 5.56 Å². The first-order valence-corrected chi connectivity index (χ1v) is 8.48. The molecule has 0 saturated carbocycles. The van der Waals surface area contributed by atoms with Crippen LogP contribution < -0.4 is 10.1 Å². The molecule has 158 valence electrons. The van der Waals surface area contributed by atoms with E-state index in [1.165, 1.54) is 17.0 Å². The van der Waals surface area contributed by atoms with E-state index in [1.54, 1.807) is 13.8 Å². The normalized spacial score (nSPS) is 19.1. The minimum absolute atomic E-state index is 0.0614. The average molecular weight is 416 g/mol. The molecule has 0 bridgehead atoms. The largest absolute Gasteiger partial charge is 0.573 e. The van der Waals surface area contributed by atoms with Crippen LogP contribution in [0, 0.1) is 5.92 Å². The Balaban J connectivity index is 2.19. The van der Waals surface area contributed by atoms with Crippen LogP contribution in [-0.2, 0) is 25.7 Å². The predicted octanol–water partition coefficient (Wildman–Crippen LogP) is 1.48. The molecule has 1 unspecified atom stereocenters. The molecule has 0 aromatic heterocycles. The molecule has 29 heavy (non-hydrogen) atoms. The summed E-state index contributed by atoms with van der Waals surface area (Å²) < 4.78 is 40.6. The zero-order chi connectivity index (χ0) is 22.0. The van der Waals surface area contributed by atoms with Crippen LogP contribution in [0.1, 0.15) is 25.8 Å². The summed E-state index contributed by atoms with van der Waals surface area (Å²) in [6.07, 6.45) is -4.97. The summed E-state index contributed by atoms with van der Waals surface area (Å²) in [5.41, 5.74) is -0.487. The summed E-state index contributed by atoms with van der Waals surface area (Å²) in [5, 5.41) is 10.7. The Hall–Kier alpha value is -3.11. The van der Waals surface area contributed by atoms with Gasteiger partial charge in [-0.15, -0.1) is 13.2 Å². The van der Waals surface area contributed by atoms with E-state index in [0.717, 1.165) is 12.1 Å². The highest BCUT2D eigenvalue weighted by atomic mass is 19.4. The fourth-order valence-corrected chi connectivity index (χ4v) is 3.01. The van der Waals surface area contributed by atoms with Gasteiger partial charge in [0.2, 0.25) is 11.8 Å². The zero-order valence-corrected chi connectivity index (χ0v) is 15.6. The predicted molar refractivity (Wildman–Crippen MR) is 91.5 cm³/mol. The van der Waals surface area contributed by atoms with E-state index in [9.17, 15) is 32.3 Å². The number of ketones is 1. The number of hydrogen-bond donors (Lipinski definition) is 2. The molecule has 1 fully saturated rings. The molecule has 2 amide bonds. The van der Waals surface area contributed by atoms with Crippen LogP contribution in [0.5, 0.6) is 5.75 Å². The number of amides is 2. The summed E-state index contributed by atoms with van der Waals surface area (Å²) in [4.78, 5) is 49.1. The van der Waals surface area contributed by atoms with Crippen LogP contribution in [0.3, 0.4) is 0 Å². The number of nitrogens with zero attached hydrogens (tertiary/aromatic N) is 1. The Morgan fingerprint density at radius 3 is 2.34 bits per heavy atom. The minimum Gasteiger partial charge on any atom is -0.480 e. The molecule has 1 saturated heterocycles. The van der Waals surface area contributed by atoms with Crippen LogP contribution >= 0.6 is 0 Å². The van der Waals surface area contributed by atoms with Gasteiger partial charge in [-0.1, -0.05) is 12.1 Å². The molecule has 1 heterocycles. The fraction of sp³-hybridized carbons (Fsp3) is 0.444. The van der Waals surface area contributed by atoms with Gasteiger partial charge in [0.15, 0.2) is 11.7 Å². The summed E-state index contributed by atoms with van der Waals surface area (Å²) >= 11 is 0. The highest BCUT2D eigenvalue weighted by molar-refractivity contribution is 6.20. The minimum atomic E-state index is -4.83. The van der Waals surface area contributed by atoms with Crippen molar-refractivity contribution in [3.63, 3.8) is 0 Å². The fourth-order valence-electron chi connectivity index (χ4n) is 3.01. The number of piperidine rings is 1. The maximum absolute atomic E-state index is 12.8. The highest BCUT2D eigenvalue weighted by Gasteiger charge is 2.48. The third-order valence-corrected chi connectivity index (χ3v) is 4.35. The Kier molecular flexibility index (Phi) is 6.19. The van der Waals surface area contributed by atoms with Crippen LogP contribution in [0.15, 0.2) is 24.3 Å². The molecule has 1 aliphatic heterocycles. The monoisotopic (exact) mass is 416 g/mol. The number of halogens is 3. The van der Waals surface area contributed by atoms with Crippen LogP contribution in [0.4, 0.5) is 13.2 Å². The molecule has 0 spiro atoms. The zero-order valence-electron chi connectivity index (χ0n) is 15.6. The lowest BCUT2D eigenvalue weighted by Gasteiger charge is -2.44. The number of Topliss-reactive ketones (excluding diaryl/α,β-unsaturated/α-hetero) is 1. The van der Waals surface area contributed by atoms with Gasteiger partial charge in [-0.2, -0.15) is 0 Å². The van der Waals surface area contributed by atoms with Crippen molar-refractivity contribution in [2.45, 2.75) is 38.7 Å². The SMILES string of the molecule is CC1(C)CC(=O)C(C(=O)NCC(=O)O)C(=O)N1Cc1ccc(OC(F)(F)F)cc1. The number of alkyl halides is 3. The molecule has 2 rings (SSSR count). The van der Waals surface area contributed by atoms with E-state index >= 15 is 0 Å². The molecule has 1 aromatic rings. The van der Waals surface area contributed by atoms with Crippen molar-refractivity contribution in [2.24, 2.45) is 5.92 Å². The molecule has 0 radical (unpaired) electrons. The van der Waals surface area contributed by atoms with Crippen molar-refractivity contribution in [2.75, 3.05) is 6.54 Å². The van der Waals surface area contributed by atoms with Crippen molar-refractivity contribution in [1.29, 1.82) is 0 Å². The molecule has 0 aliphatic carbocycles. The maximum atomic E-state index is 12.8. The Morgan fingerprint density at radius 1 is 1.24 bits per heavy atom. The van der Waals surface area contributed by atoms with Crippen LogP contribution in [0.2, 0.25) is 0 Å². The molecular weight excluding hydrogens is 397 g/mol. The second kappa shape index (κ2) is 8.10. The molecule has 1 aliphatic rings. The van der Waals surface area contributed by atoms with E-state index < -0.39 is 53.7 Å². The van der Waals surface area contributed by atoms with Crippen LogP contribution in [0.25, 0.3) is 0 Å². The van der Waals surface area contributed by atoms with E-state index in [-0.39, 0.29) is 13.0 Å². The summed E-state index contributed by atoms with van der Waals surface area (Å²) in [7, 11) is 0. The number of carbonyl (C=O) groups excluding carboxylic acids is 3. The van der Waals surface area contributed by atoms with E-state index in [4.69, 9.17) is 5.11 Å². The van der Waals surface area contributed by atoms with Gasteiger partial charge in [0.05, 0.1) is 0 Å². The number of aliphatic carboxylic acids is 1. The van der Waals surface area contributed by atoms with Gasteiger partial charge in [0.1, 0.15) is 12.3 Å². The first-order chi connectivity index (χ1) is 13.3. The molecule has 1 aromatic carbocycles. The van der Waals surface area contributed by atoms with Gasteiger partial charge in [0, 0.05) is 18.5 Å². The number of rotatable bonds is 6. The highest BCUT2D eigenvalue weighted by Crippen LogP contribution is 2.32. The van der Waals surface area contributed by atoms with Crippen molar-refractivity contribution in [3.8, 4) is 5.75 Å². The standard InChI is InChI=1S/C18H19F3N2O6/c1-17(2)7-12(24)14(15(27)22-8-13(25)26)16(28)23(17)9-10-3-5-11(6-4-10)29-18(19,20)21/h3-6,14H,7-9H2,1-2H3,(H,22,27)(H,25,26). The third-order valence-electron chi connectivity index (χ3n) is 4.35. The average Bonchev–Trinajstić information content (AvgIpc) is 2.56. The number of benzene rings is 1. The van der Waals surface area contributed by atoms with Gasteiger partial charge < -0.3 is 20.1 Å². The lowest BCUT2D eigenvalue weighted by atomic mass is 9.82. The van der Waals surface area contributed by atoms with Crippen molar-refractivity contribution in [1.82, 2.24) is 10.2 Å². The van der Waals surface area contributed by atoms with E-state index in [2.05, 4.69) is 4.74 Å². The number of ether oxygens (including phenoxy) is 1. The van der Waals surface area contributed by atoms with Gasteiger partial charge in [0.25, 0.3) is 0 Å². The third kappa shape index (κ3) is 5.69. The second-order valence-electron chi connectivity index (χ2n) is 7.12. The summed E-state index contributed by atoms with van der Waals surface area (Å²) in [6, 6.07) is 4.85. The van der Waals surface area contributed by atoms with E-state index in [1.807, 2.05) is 5.32 Å². The number of carbonyl (C=O) groups is 4. The quantitative estimate of drug-likeness (QED) is 0.680. The number of likely N-dealkylation sites (tertiary alicyclic amines) is 1. The molecular formula is C18H19F3N2O6. The molecule has 11 heteroatoms. The van der Waals surface area contributed by atoms with Gasteiger partial charge in [-0.05, 0) is 31.5 Å².